The molecule has 2 aromatic carbocycles. The number of nitrogens with one attached hydrogen (secondary N) is 1. The van der Waals surface area contributed by atoms with Crippen molar-refractivity contribution in [3.63, 3.8) is 0 Å². The molecular formula is C20H27NO4S. The molecule has 0 aliphatic carbocycles. The van der Waals surface area contributed by atoms with E-state index < -0.39 is 15.6 Å². The highest BCUT2D eigenvalue weighted by molar-refractivity contribution is 7.89. The van der Waals surface area contributed by atoms with Gasteiger partial charge >= 0.3 is 0 Å². The lowest BCUT2D eigenvalue weighted by atomic mass is 9.95. The van der Waals surface area contributed by atoms with Gasteiger partial charge in [-0.1, -0.05) is 32.0 Å². The van der Waals surface area contributed by atoms with Crippen molar-refractivity contribution >= 4 is 10.0 Å². The zero-order valence-electron chi connectivity index (χ0n) is 16.2. The zero-order valence-corrected chi connectivity index (χ0v) is 17.0. The fourth-order valence-electron chi connectivity index (χ4n) is 2.71. The molecule has 142 valence electrons. The molecule has 0 radical (unpaired) electrons. The van der Waals surface area contributed by atoms with Crippen LogP contribution in [0.25, 0.3) is 0 Å². The molecule has 0 saturated heterocycles. The average Bonchev–Trinajstić information content (AvgIpc) is 2.60. The smallest absolute Gasteiger partial charge is 0.241 e. The summed E-state index contributed by atoms with van der Waals surface area (Å²) in [4.78, 5) is 0.246. The highest BCUT2D eigenvalue weighted by Gasteiger charge is 2.29. The second kappa shape index (κ2) is 7.68. The molecule has 5 nitrogen and oxygen atoms in total. The SMILES string of the molecule is COc1ccc(C(C)(C)NS(=O)(=O)c2ccc(C(C)C)cc2)cc1OC. The minimum absolute atomic E-state index is 0.246. The highest BCUT2D eigenvalue weighted by atomic mass is 32.2. The highest BCUT2D eigenvalue weighted by Crippen LogP contribution is 2.33. The van der Waals surface area contributed by atoms with E-state index >= 15 is 0 Å². The van der Waals surface area contributed by atoms with Gasteiger partial charge < -0.3 is 9.47 Å². The van der Waals surface area contributed by atoms with Gasteiger partial charge in [0.05, 0.1) is 24.7 Å². The summed E-state index contributed by atoms with van der Waals surface area (Å²) in [6.45, 7) is 7.77. The monoisotopic (exact) mass is 377 g/mol. The molecule has 0 saturated carbocycles. The summed E-state index contributed by atoms with van der Waals surface area (Å²) in [6.07, 6.45) is 0. The Kier molecular flexibility index (Phi) is 5.98. The molecule has 0 spiro atoms. The molecule has 0 unspecified atom stereocenters. The van der Waals surface area contributed by atoms with Crippen LogP contribution in [0.4, 0.5) is 0 Å². The van der Waals surface area contributed by atoms with Gasteiger partial charge in [0, 0.05) is 0 Å². The van der Waals surface area contributed by atoms with Crippen LogP contribution < -0.4 is 14.2 Å². The molecule has 2 rings (SSSR count). The van der Waals surface area contributed by atoms with Gasteiger partial charge in [0.1, 0.15) is 0 Å². The normalized spacial score (nSPS) is 12.3. The standard InChI is InChI=1S/C20H27NO4S/c1-14(2)15-7-10-17(11-8-15)26(22,23)21-20(3,4)16-9-12-18(24-5)19(13-16)25-6/h7-14,21H,1-6H3. The number of hydrogen-bond acceptors (Lipinski definition) is 4. The molecule has 0 heterocycles. The van der Waals surface area contributed by atoms with Gasteiger partial charge in [0.25, 0.3) is 0 Å². The van der Waals surface area contributed by atoms with E-state index in [0.717, 1.165) is 11.1 Å². The van der Waals surface area contributed by atoms with Gasteiger partial charge in [-0.3, -0.25) is 0 Å². The molecule has 0 aliphatic heterocycles. The van der Waals surface area contributed by atoms with Crippen LogP contribution in [0.1, 0.15) is 44.7 Å². The third-order valence-corrected chi connectivity index (χ3v) is 6.02. The van der Waals surface area contributed by atoms with E-state index in [1.54, 1.807) is 38.5 Å². The second-order valence-electron chi connectivity index (χ2n) is 7.02. The van der Waals surface area contributed by atoms with Crippen LogP contribution in [-0.4, -0.2) is 22.6 Å². The van der Waals surface area contributed by atoms with Crippen molar-refractivity contribution in [1.82, 2.24) is 4.72 Å². The van der Waals surface area contributed by atoms with Gasteiger partial charge in [0.15, 0.2) is 11.5 Å². The molecule has 2 aromatic rings. The van der Waals surface area contributed by atoms with Crippen molar-refractivity contribution in [2.24, 2.45) is 0 Å². The summed E-state index contributed by atoms with van der Waals surface area (Å²) >= 11 is 0. The molecular weight excluding hydrogens is 350 g/mol. The Morgan fingerprint density at radius 3 is 2.00 bits per heavy atom. The predicted molar refractivity (Wildman–Crippen MR) is 103 cm³/mol. The zero-order chi connectivity index (χ0) is 19.5. The minimum atomic E-state index is -3.67. The first-order valence-electron chi connectivity index (χ1n) is 8.47. The van der Waals surface area contributed by atoms with Crippen molar-refractivity contribution in [3.05, 3.63) is 53.6 Å². The quantitative estimate of drug-likeness (QED) is 0.791. The maximum atomic E-state index is 12.8. The summed E-state index contributed by atoms with van der Waals surface area (Å²) in [7, 11) is -0.554. The summed E-state index contributed by atoms with van der Waals surface area (Å²) in [5.41, 5.74) is 1.05. The van der Waals surface area contributed by atoms with E-state index in [1.807, 2.05) is 32.0 Å². The number of benzene rings is 2. The Morgan fingerprint density at radius 2 is 1.50 bits per heavy atom. The maximum Gasteiger partial charge on any atom is 0.241 e. The molecule has 1 N–H and O–H groups in total. The first kappa shape index (κ1) is 20.3. The Hall–Kier alpha value is -2.05. The van der Waals surface area contributed by atoms with E-state index in [-0.39, 0.29) is 4.90 Å². The lowest BCUT2D eigenvalue weighted by Crippen LogP contribution is -2.40. The van der Waals surface area contributed by atoms with E-state index in [2.05, 4.69) is 18.6 Å². The van der Waals surface area contributed by atoms with Gasteiger partial charge in [-0.2, -0.15) is 0 Å². The van der Waals surface area contributed by atoms with Gasteiger partial charge in [-0.05, 0) is 55.2 Å². The first-order valence-corrected chi connectivity index (χ1v) is 9.95. The van der Waals surface area contributed by atoms with Crippen LogP contribution in [-0.2, 0) is 15.6 Å². The van der Waals surface area contributed by atoms with Gasteiger partial charge in [0.2, 0.25) is 10.0 Å². The van der Waals surface area contributed by atoms with Crippen LogP contribution in [0.5, 0.6) is 11.5 Å². The molecule has 0 amide bonds. The van der Waals surface area contributed by atoms with Crippen LogP contribution in [0.15, 0.2) is 47.4 Å². The topological polar surface area (TPSA) is 64.6 Å². The number of rotatable bonds is 7. The van der Waals surface area contributed by atoms with Gasteiger partial charge in [-0.15, -0.1) is 0 Å². The summed E-state index contributed by atoms with van der Waals surface area (Å²) in [5, 5.41) is 0. The Bertz CT molecular complexity index is 856. The second-order valence-corrected chi connectivity index (χ2v) is 8.71. The number of methoxy groups -OCH3 is 2. The van der Waals surface area contributed by atoms with Crippen molar-refractivity contribution in [3.8, 4) is 11.5 Å². The van der Waals surface area contributed by atoms with Crippen LogP contribution in [0.3, 0.4) is 0 Å². The third-order valence-electron chi connectivity index (χ3n) is 4.35. The van der Waals surface area contributed by atoms with Crippen molar-refractivity contribution < 1.29 is 17.9 Å². The Labute approximate surface area is 156 Å². The third kappa shape index (κ3) is 4.37. The maximum absolute atomic E-state index is 12.8. The predicted octanol–water partition coefficient (Wildman–Crippen LogP) is 4.04. The molecule has 0 aliphatic rings. The van der Waals surface area contributed by atoms with E-state index in [0.29, 0.717) is 17.4 Å². The fraction of sp³-hybridized carbons (Fsp3) is 0.400. The fourth-order valence-corrected chi connectivity index (χ4v) is 4.11. The van der Waals surface area contributed by atoms with E-state index in [1.165, 1.54) is 0 Å². The molecule has 0 bridgehead atoms. The summed E-state index contributed by atoms with van der Waals surface area (Å²) in [6, 6.07) is 12.4. The van der Waals surface area contributed by atoms with Crippen molar-refractivity contribution in [2.45, 2.75) is 44.0 Å². The molecule has 0 atom stereocenters. The summed E-state index contributed by atoms with van der Waals surface area (Å²) in [5.74, 6) is 1.50. The Morgan fingerprint density at radius 1 is 0.923 bits per heavy atom. The van der Waals surface area contributed by atoms with E-state index in [4.69, 9.17) is 9.47 Å². The number of ether oxygens (including phenoxy) is 2. The molecule has 0 aromatic heterocycles. The number of sulfonamides is 1. The Balaban J connectivity index is 2.32. The largest absolute Gasteiger partial charge is 0.493 e. The van der Waals surface area contributed by atoms with Crippen LogP contribution in [0.2, 0.25) is 0 Å². The van der Waals surface area contributed by atoms with Crippen molar-refractivity contribution in [1.29, 1.82) is 0 Å². The van der Waals surface area contributed by atoms with Crippen LogP contribution in [0, 0.1) is 0 Å². The average molecular weight is 378 g/mol. The molecule has 26 heavy (non-hydrogen) atoms. The minimum Gasteiger partial charge on any atom is -0.493 e. The number of hydrogen-bond donors (Lipinski definition) is 1. The van der Waals surface area contributed by atoms with Crippen LogP contribution >= 0.6 is 0 Å². The van der Waals surface area contributed by atoms with E-state index in [9.17, 15) is 8.42 Å². The first-order chi connectivity index (χ1) is 12.1. The molecule has 0 fully saturated rings. The summed E-state index contributed by atoms with van der Waals surface area (Å²) < 4.78 is 39.0. The lowest BCUT2D eigenvalue weighted by molar-refractivity contribution is 0.352. The van der Waals surface area contributed by atoms with Gasteiger partial charge in [-0.25, -0.2) is 13.1 Å². The lowest BCUT2D eigenvalue weighted by Gasteiger charge is -2.27. The van der Waals surface area contributed by atoms with Crippen molar-refractivity contribution in [2.75, 3.05) is 14.2 Å². The molecule has 6 heteroatoms.